The molecule has 1 aliphatic rings. The van der Waals surface area contributed by atoms with Crippen molar-refractivity contribution < 1.29 is 18.6 Å². The van der Waals surface area contributed by atoms with Crippen LogP contribution < -0.4 is 4.90 Å². The molecule has 0 aliphatic carbocycles. The van der Waals surface area contributed by atoms with Gasteiger partial charge in [-0.25, -0.2) is 9.97 Å². The van der Waals surface area contributed by atoms with Gasteiger partial charge < -0.3 is 23.5 Å². The van der Waals surface area contributed by atoms with E-state index < -0.39 is 0 Å². The fourth-order valence-electron chi connectivity index (χ4n) is 3.70. The zero-order valence-electron chi connectivity index (χ0n) is 18.2. The Hall–Kier alpha value is -2.48. The van der Waals surface area contributed by atoms with Crippen molar-refractivity contribution in [2.75, 3.05) is 51.0 Å². The molecule has 0 unspecified atom stereocenters. The molecule has 166 valence electrons. The number of rotatable bonds is 11. The average molecular weight is 426 g/mol. The molecule has 1 saturated heterocycles. The van der Waals surface area contributed by atoms with E-state index in [9.17, 15) is 0 Å². The summed E-state index contributed by atoms with van der Waals surface area (Å²) >= 11 is 0. The van der Waals surface area contributed by atoms with Crippen LogP contribution >= 0.6 is 0 Å². The Kier molecular flexibility index (Phi) is 7.87. The van der Waals surface area contributed by atoms with Gasteiger partial charge in [0.2, 0.25) is 5.95 Å². The minimum Gasteiger partial charge on any atom is -0.456 e. The molecule has 7 heteroatoms. The van der Waals surface area contributed by atoms with Gasteiger partial charge in [-0.15, -0.1) is 0 Å². The van der Waals surface area contributed by atoms with Crippen molar-refractivity contribution in [2.24, 2.45) is 0 Å². The van der Waals surface area contributed by atoms with E-state index in [-0.39, 0.29) is 6.10 Å². The van der Waals surface area contributed by atoms with E-state index >= 15 is 0 Å². The van der Waals surface area contributed by atoms with Gasteiger partial charge >= 0.3 is 0 Å². The number of benzene rings is 1. The Morgan fingerprint density at radius 2 is 1.68 bits per heavy atom. The molecule has 3 aromatic rings. The molecular formula is C24H31N3O4. The minimum absolute atomic E-state index is 0.269. The SMILES string of the molecule is CCCOCCOCCOC1CCN(c2ncc(-c3cc4ccccc4o3)cn2)CC1. The minimum atomic E-state index is 0.269. The number of hydrogen-bond acceptors (Lipinski definition) is 7. The summed E-state index contributed by atoms with van der Waals surface area (Å²) in [6.07, 6.45) is 6.92. The second-order valence-electron chi connectivity index (χ2n) is 7.70. The molecule has 0 radical (unpaired) electrons. The molecule has 3 heterocycles. The number of furan rings is 1. The Bertz CT molecular complexity index is 887. The lowest BCUT2D eigenvalue weighted by molar-refractivity contribution is -0.0179. The Morgan fingerprint density at radius 1 is 0.968 bits per heavy atom. The van der Waals surface area contributed by atoms with Crippen molar-refractivity contribution in [3.05, 3.63) is 42.7 Å². The van der Waals surface area contributed by atoms with Crippen LogP contribution in [0.3, 0.4) is 0 Å². The Labute approximate surface area is 183 Å². The van der Waals surface area contributed by atoms with E-state index in [2.05, 4.69) is 21.8 Å². The molecule has 31 heavy (non-hydrogen) atoms. The molecule has 2 aromatic heterocycles. The van der Waals surface area contributed by atoms with Crippen molar-refractivity contribution in [3.63, 3.8) is 0 Å². The van der Waals surface area contributed by atoms with Crippen LogP contribution in [0.15, 0.2) is 47.1 Å². The highest BCUT2D eigenvalue weighted by Crippen LogP contribution is 2.27. The van der Waals surface area contributed by atoms with Crippen LogP contribution in [0.5, 0.6) is 0 Å². The highest BCUT2D eigenvalue weighted by molar-refractivity contribution is 5.82. The highest BCUT2D eigenvalue weighted by Gasteiger charge is 2.21. The smallest absolute Gasteiger partial charge is 0.225 e. The molecule has 0 atom stereocenters. The number of hydrogen-bond donors (Lipinski definition) is 0. The Morgan fingerprint density at radius 3 is 2.42 bits per heavy atom. The summed E-state index contributed by atoms with van der Waals surface area (Å²) < 4.78 is 22.8. The summed E-state index contributed by atoms with van der Waals surface area (Å²) in [5, 5.41) is 1.08. The first-order chi connectivity index (χ1) is 15.3. The fourth-order valence-corrected chi connectivity index (χ4v) is 3.70. The van der Waals surface area contributed by atoms with Gasteiger partial charge in [0.05, 0.1) is 38.1 Å². The average Bonchev–Trinajstić information content (AvgIpc) is 3.26. The maximum atomic E-state index is 5.95. The fraction of sp³-hybridized carbons (Fsp3) is 0.500. The quantitative estimate of drug-likeness (QED) is 0.424. The summed E-state index contributed by atoms with van der Waals surface area (Å²) in [6, 6.07) is 10.0. The van der Waals surface area contributed by atoms with Crippen LogP contribution in [0.1, 0.15) is 26.2 Å². The van der Waals surface area contributed by atoms with Crippen LogP contribution in [0.2, 0.25) is 0 Å². The second-order valence-corrected chi connectivity index (χ2v) is 7.70. The van der Waals surface area contributed by atoms with Crippen molar-refractivity contribution in [2.45, 2.75) is 32.3 Å². The normalized spacial score (nSPS) is 15.1. The number of para-hydroxylation sites is 1. The summed E-state index contributed by atoms with van der Waals surface area (Å²) in [5.74, 6) is 1.55. The number of fused-ring (bicyclic) bond motifs is 1. The summed E-state index contributed by atoms with van der Waals surface area (Å²) in [5.41, 5.74) is 1.76. The molecule has 0 saturated carbocycles. The number of aromatic nitrogens is 2. The maximum absolute atomic E-state index is 5.95. The number of ether oxygens (including phenoxy) is 3. The summed E-state index contributed by atoms with van der Waals surface area (Å²) in [7, 11) is 0. The molecule has 1 fully saturated rings. The van der Waals surface area contributed by atoms with Crippen molar-refractivity contribution >= 4 is 16.9 Å². The predicted molar refractivity (Wildman–Crippen MR) is 120 cm³/mol. The zero-order chi connectivity index (χ0) is 21.3. The molecule has 0 bridgehead atoms. The molecule has 0 N–H and O–H groups in total. The third-order valence-electron chi connectivity index (χ3n) is 5.37. The van der Waals surface area contributed by atoms with Crippen molar-refractivity contribution in [1.29, 1.82) is 0 Å². The number of piperidine rings is 1. The van der Waals surface area contributed by atoms with Crippen molar-refractivity contribution in [3.8, 4) is 11.3 Å². The van der Waals surface area contributed by atoms with Gasteiger partial charge in [-0.3, -0.25) is 0 Å². The van der Waals surface area contributed by atoms with Crippen molar-refractivity contribution in [1.82, 2.24) is 9.97 Å². The van der Waals surface area contributed by atoms with E-state index in [1.807, 2.05) is 42.7 Å². The van der Waals surface area contributed by atoms with E-state index in [4.69, 9.17) is 18.6 Å². The van der Waals surface area contributed by atoms with Gasteiger partial charge in [-0.2, -0.15) is 0 Å². The molecule has 7 nitrogen and oxygen atoms in total. The highest BCUT2D eigenvalue weighted by atomic mass is 16.5. The van der Waals surface area contributed by atoms with Gasteiger partial charge in [0, 0.05) is 37.5 Å². The maximum Gasteiger partial charge on any atom is 0.225 e. The van der Waals surface area contributed by atoms with Gasteiger partial charge in [-0.1, -0.05) is 25.1 Å². The van der Waals surface area contributed by atoms with E-state index in [1.54, 1.807) is 0 Å². The first-order valence-electron chi connectivity index (χ1n) is 11.2. The van der Waals surface area contributed by atoms with Crippen LogP contribution in [-0.4, -0.2) is 62.2 Å². The third-order valence-corrected chi connectivity index (χ3v) is 5.37. The monoisotopic (exact) mass is 425 g/mol. The second kappa shape index (κ2) is 11.2. The molecule has 0 spiro atoms. The van der Waals surface area contributed by atoms with Gasteiger partial charge in [0.25, 0.3) is 0 Å². The van der Waals surface area contributed by atoms with E-state index in [1.165, 1.54) is 0 Å². The van der Waals surface area contributed by atoms with Crippen LogP contribution in [0, 0.1) is 0 Å². The van der Waals surface area contributed by atoms with Gasteiger partial charge in [0.15, 0.2) is 0 Å². The predicted octanol–water partition coefficient (Wildman–Crippen LogP) is 4.32. The molecule has 1 aromatic carbocycles. The van der Waals surface area contributed by atoms with E-state index in [0.29, 0.717) is 26.4 Å². The standard InChI is InChI=1S/C24H31N3O4/c1-2-11-28-12-13-29-14-15-30-21-7-9-27(10-8-21)24-25-17-20(18-26-24)23-16-19-5-3-4-6-22(19)31-23/h3-6,16-18,21H,2,7-15H2,1H3. The lowest BCUT2D eigenvalue weighted by Gasteiger charge is -2.31. The topological polar surface area (TPSA) is 69.8 Å². The van der Waals surface area contributed by atoms with Crippen LogP contribution in [0.4, 0.5) is 5.95 Å². The number of anilines is 1. The summed E-state index contributed by atoms with van der Waals surface area (Å²) in [6.45, 7) is 7.20. The first-order valence-corrected chi connectivity index (χ1v) is 11.2. The lowest BCUT2D eigenvalue weighted by Crippen LogP contribution is -2.38. The van der Waals surface area contributed by atoms with E-state index in [0.717, 1.165) is 67.2 Å². The Balaban J connectivity index is 1.19. The zero-order valence-corrected chi connectivity index (χ0v) is 18.2. The molecule has 1 aliphatic heterocycles. The first kappa shape index (κ1) is 21.7. The molecule has 0 amide bonds. The lowest BCUT2D eigenvalue weighted by atomic mass is 10.1. The largest absolute Gasteiger partial charge is 0.456 e. The van der Waals surface area contributed by atoms with Gasteiger partial charge in [-0.05, 0) is 31.4 Å². The molecule has 4 rings (SSSR count). The number of nitrogens with zero attached hydrogens (tertiary/aromatic N) is 3. The van der Waals surface area contributed by atoms with Crippen LogP contribution in [-0.2, 0) is 14.2 Å². The summed E-state index contributed by atoms with van der Waals surface area (Å²) in [4.78, 5) is 11.4. The van der Waals surface area contributed by atoms with Gasteiger partial charge in [0.1, 0.15) is 11.3 Å². The molecular weight excluding hydrogens is 394 g/mol. The van der Waals surface area contributed by atoms with Crippen LogP contribution in [0.25, 0.3) is 22.3 Å². The third kappa shape index (κ3) is 6.03.